The predicted molar refractivity (Wildman–Crippen MR) is 58.7 cm³/mol. The highest BCUT2D eigenvalue weighted by molar-refractivity contribution is 7.09. The fourth-order valence-corrected chi connectivity index (χ4v) is 3.21. The molecule has 0 radical (unpaired) electrons. The Morgan fingerprint density at radius 3 is 2.79 bits per heavy atom. The highest BCUT2D eigenvalue weighted by atomic mass is 32.1. The minimum Gasteiger partial charge on any atom is -0.327 e. The van der Waals surface area contributed by atoms with Crippen LogP contribution in [0, 0.1) is 0 Å². The maximum Gasteiger partial charge on any atom is 0.0959 e. The van der Waals surface area contributed by atoms with Crippen molar-refractivity contribution in [3.8, 4) is 0 Å². The average Bonchev–Trinajstić information content (AvgIpc) is 3.06. The number of aromatic nitrogens is 1. The molecule has 1 unspecified atom stereocenters. The largest absolute Gasteiger partial charge is 0.327 e. The van der Waals surface area contributed by atoms with Crippen molar-refractivity contribution >= 4 is 11.3 Å². The van der Waals surface area contributed by atoms with Crippen LogP contribution in [0.15, 0.2) is 5.38 Å². The van der Waals surface area contributed by atoms with Crippen LogP contribution in [0.25, 0.3) is 0 Å². The molecule has 0 spiro atoms. The van der Waals surface area contributed by atoms with Crippen LogP contribution < -0.4 is 5.73 Å². The second-order valence-electron chi connectivity index (χ2n) is 4.79. The molecule has 0 aromatic carbocycles. The van der Waals surface area contributed by atoms with E-state index in [1.165, 1.54) is 36.4 Å². The van der Waals surface area contributed by atoms with E-state index in [2.05, 4.69) is 12.3 Å². The highest BCUT2D eigenvalue weighted by Crippen LogP contribution is 2.51. The summed E-state index contributed by atoms with van der Waals surface area (Å²) < 4.78 is 0. The lowest BCUT2D eigenvalue weighted by atomic mass is 9.96. The van der Waals surface area contributed by atoms with E-state index in [0.717, 1.165) is 5.92 Å². The van der Waals surface area contributed by atoms with E-state index in [0.29, 0.717) is 0 Å². The van der Waals surface area contributed by atoms with Gasteiger partial charge in [-0.25, -0.2) is 4.98 Å². The molecule has 2 aliphatic carbocycles. The van der Waals surface area contributed by atoms with Gasteiger partial charge in [0.25, 0.3) is 0 Å². The third-order valence-electron chi connectivity index (χ3n) is 3.62. The SMILES string of the molecule is CC(N)C1(c2csc(C3CC3)n2)CC1. The van der Waals surface area contributed by atoms with Gasteiger partial charge in [-0.2, -0.15) is 0 Å². The Morgan fingerprint density at radius 2 is 2.29 bits per heavy atom. The van der Waals surface area contributed by atoms with Gasteiger partial charge in [0.15, 0.2) is 0 Å². The van der Waals surface area contributed by atoms with Crippen molar-refractivity contribution in [3.05, 3.63) is 16.1 Å². The topological polar surface area (TPSA) is 38.9 Å². The Labute approximate surface area is 88.5 Å². The van der Waals surface area contributed by atoms with Gasteiger partial charge in [-0.05, 0) is 32.6 Å². The van der Waals surface area contributed by atoms with Gasteiger partial charge in [0.05, 0.1) is 10.7 Å². The third kappa shape index (κ3) is 1.22. The van der Waals surface area contributed by atoms with E-state index in [1.54, 1.807) is 0 Å². The second kappa shape index (κ2) is 2.80. The van der Waals surface area contributed by atoms with Crippen LogP contribution in [0.1, 0.15) is 49.2 Å². The van der Waals surface area contributed by atoms with Crippen molar-refractivity contribution in [3.63, 3.8) is 0 Å². The van der Waals surface area contributed by atoms with Gasteiger partial charge in [-0.15, -0.1) is 11.3 Å². The molecule has 2 nitrogen and oxygen atoms in total. The monoisotopic (exact) mass is 208 g/mol. The first-order chi connectivity index (χ1) is 6.72. The van der Waals surface area contributed by atoms with Crippen LogP contribution in [-0.4, -0.2) is 11.0 Å². The van der Waals surface area contributed by atoms with E-state index in [9.17, 15) is 0 Å². The zero-order valence-electron chi connectivity index (χ0n) is 8.49. The molecule has 0 saturated heterocycles. The number of nitrogens with two attached hydrogens (primary N) is 1. The van der Waals surface area contributed by atoms with E-state index in [1.807, 2.05) is 11.3 Å². The summed E-state index contributed by atoms with van der Waals surface area (Å²) in [7, 11) is 0. The number of thiazole rings is 1. The van der Waals surface area contributed by atoms with Crippen LogP contribution in [0.4, 0.5) is 0 Å². The lowest BCUT2D eigenvalue weighted by molar-refractivity contribution is 0.543. The fourth-order valence-electron chi connectivity index (χ4n) is 2.11. The first-order valence-electron chi connectivity index (χ1n) is 5.44. The molecule has 1 atom stereocenters. The highest BCUT2D eigenvalue weighted by Gasteiger charge is 2.49. The molecule has 2 fully saturated rings. The molecule has 0 bridgehead atoms. The third-order valence-corrected chi connectivity index (χ3v) is 4.63. The molecular weight excluding hydrogens is 192 g/mol. The summed E-state index contributed by atoms with van der Waals surface area (Å²) >= 11 is 1.84. The Kier molecular flexibility index (Phi) is 1.77. The second-order valence-corrected chi connectivity index (χ2v) is 5.68. The Bertz CT molecular complexity index is 348. The molecule has 2 N–H and O–H groups in total. The molecular formula is C11H16N2S. The van der Waals surface area contributed by atoms with Gasteiger partial charge in [0, 0.05) is 22.8 Å². The van der Waals surface area contributed by atoms with Gasteiger partial charge in [-0.3, -0.25) is 0 Å². The summed E-state index contributed by atoms with van der Waals surface area (Å²) in [4.78, 5) is 4.77. The van der Waals surface area contributed by atoms with Crippen LogP contribution in [0.5, 0.6) is 0 Å². The van der Waals surface area contributed by atoms with Crippen LogP contribution in [0.3, 0.4) is 0 Å². The van der Waals surface area contributed by atoms with Crippen molar-refractivity contribution in [1.82, 2.24) is 4.98 Å². The molecule has 1 heterocycles. The molecule has 14 heavy (non-hydrogen) atoms. The van der Waals surface area contributed by atoms with Gasteiger partial charge in [-0.1, -0.05) is 0 Å². The normalized spacial score (nSPS) is 26.1. The zero-order valence-corrected chi connectivity index (χ0v) is 9.31. The number of hydrogen-bond acceptors (Lipinski definition) is 3. The zero-order chi connectivity index (χ0) is 9.76. The van der Waals surface area contributed by atoms with Gasteiger partial charge in [0.2, 0.25) is 0 Å². The summed E-state index contributed by atoms with van der Waals surface area (Å²) in [6.07, 6.45) is 5.16. The van der Waals surface area contributed by atoms with Gasteiger partial charge >= 0.3 is 0 Å². The molecule has 76 valence electrons. The van der Waals surface area contributed by atoms with E-state index < -0.39 is 0 Å². The molecule has 1 aromatic rings. The maximum absolute atomic E-state index is 6.03. The standard InChI is InChI=1S/C11H16N2S/c1-7(12)11(4-5-11)9-6-14-10(13-9)8-2-3-8/h6-8H,2-5,12H2,1H3. The number of hydrogen-bond donors (Lipinski definition) is 1. The fraction of sp³-hybridized carbons (Fsp3) is 0.727. The number of rotatable bonds is 3. The molecule has 3 rings (SSSR count). The van der Waals surface area contributed by atoms with E-state index >= 15 is 0 Å². The first-order valence-corrected chi connectivity index (χ1v) is 6.32. The maximum atomic E-state index is 6.03. The van der Waals surface area contributed by atoms with Crippen molar-refractivity contribution in [1.29, 1.82) is 0 Å². The summed E-state index contributed by atoms with van der Waals surface area (Å²) in [5.41, 5.74) is 7.56. The summed E-state index contributed by atoms with van der Waals surface area (Å²) in [5, 5.41) is 3.59. The lowest BCUT2D eigenvalue weighted by Crippen LogP contribution is -2.31. The van der Waals surface area contributed by atoms with Gasteiger partial charge < -0.3 is 5.73 Å². The molecule has 0 amide bonds. The van der Waals surface area contributed by atoms with Crippen molar-refractivity contribution in [2.45, 2.75) is 50.0 Å². The van der Waals surface area contributed by atoms with Crippen LogP contribution in [0.2, 0.25) is 0 Å². The quantitative estimate of drug-likeness (QED) is 0.828. The Hall–Kier alpha value is -0.410. The Balaban J connectivity index is 1.88. The minimum absolute atomic E-state index is 0.254. The van der Waals surface area contributed by atoms with Crippen molar-refractivity contribution < 1.29 is 0 Å². The number of nitrogens with zero attached hydrogens (tertiary/aromatic N) is 1. The van der Waals surface area contributed by atoms with Crippen molar-refractivity contribution in [2.24, 2.45) is 5.73 Å². The molecule has 3 heteroatoms. The molecule has 2 aliphatic rings. The van der Waals surface area contributed by atoms with Crippen LogP contribution in [-0.2, 0) is 5.41 Å². The summed E-state index contributed by atoms with van der Waals surface area (Å²) in [6.45, 7) is 2.11. The first kappa shape index (κ1) is 8.86. The predicted octanol–water partition coefficient (Wildman–Crippen LogP) is 2.40. The van der Waals surface area contributed by atoms with E-state index in [4.69, 9.17) is 10.7 Å². The lowest BCUT2D eigenvalue weighted by Gasteiger charge is -2.16. The van der Waals surface area contributed by atoms with Gasteiger partial charge in [0.1, 0.15) is 0 Å². The summed E-state index contributed by atoms with van der Waals surface area (Å²) in [5.74, 6) is 0.789. The van der Waals surface area contributed by atoms with Crippen LogP contribution >= 0.6 is 11.3 Å². The van der Waals surface area contributed by atoms with Crippen molar-refractivity contribution in [2.75, 3.05) is 0 Å². The minimum atomic E-state index is 0.254. The molecule has 2 saturated carbocycles. The van der Waals surface area contributed by atoms with E-state index in [-0.39, 0.29) is 11.5 Å². The smallest absolute Gasteiger partial charge is 0.0959 e. The molecule has 1 aromatic heterocycles. The molecule has 0 aliphatic heterocycles. The average molecular weight is 208 g/mol. The summed E-state index contributed by atoms with van der Waals surface area (Å²) in [6, 6.07) is 0.261. The Morgan fingerprint density at radius 1 is 1.57 bits per heavy atom.